The highest BCUT2D eigenvalue weighted by atomic mass is 15.1. The van der Waals surface area contributed by atoms with Gasteiger partial charge >= 0.3 is 0 Å². The minimum atomic E-state index is 0.843. The van der Waals surface area contributed by atoms with Gasteiger partial charge in [0.2, 0.25) is 0 Å². The number of imidazole rings is 3. The Kier molecular flexibility index (Phi) is 38.2. The number of nitrogens with zero attached hydrogens (tertiary/aromatic N) is 15. The van der Waals surface area contributed by atoms with Gasteiger partial charge in [-0.05, 0) is 179 Å². The number of aromatic nitrogens is 15. The Bertz CT molecular complexity index is 3820. The quantitative estimate of drug-likeness (QED) is 0.146. The van der Waals surface area contributed by atoms with E-state index in [1.54, 1.807) is 12.4 Å². The second kappa shape index (κ2) is 43.1. The number of aryl methyl sites for hydroxylation is 21. The molecule has 0 saturated heterocycles. The molecule has 0 radical (unpaired) electrons. The topological polar surface area (TPSA) is 138 Å². The van der Waals surface area contributed by atoms with Crippen LogP contribution in [-0.4, -0.2) is 71.8 Å². The molecule has 0 spiro atoms. The highest BCUT2D eigenvalue weighted by Crippen LogP contribution is 2.24. The van der Waals surface area contributed by atoms with Gasteiger partial charge in [-0.2, -0.15) is 0 Å². The molecule has 14 rings (SSSR count). The lowest BCUT2D eigenvalue weighted by atomic mass is 10.2. The standard InChI is InChI=1S/C11H13N.4C10H12N2.2C9H11N3.7C2H6/c1-8-5-4-6-10-7-9(2)12(3)11(8)10;1-7-5-11-6-9-4-8(2)12(3)10(7)9;1-7-6-9-4-5-11-8(2)10(9)12(7)3;1-7-4-5-11-9-6-8(2)12(3)10(7)9;1-7-5-4-6-9-10(7)12(3)8(2)11-9;1-6-4-10-5-8-9(6)12(3)7(2)11-8;1-6-4-5-10-9-8(6)12(3)7(2)11-9;7*1-2/h4-7H,1-3H3;4*4-6H,1-3H3;2*4-5H,1-3H3;7*1-2H3. The van der Waals surface area contributed by atoms with Crippen molar-refractivity contribution in [1.82, 2.24) is 71.8 Å². The predicted molar refractivity (Wildman–Crippen MR) is 429 cm³/mol. The molecule has 0 aliphatic rings. The maximum atomic E-state index is 4.44. The van der Waals surface area contributed by atoms with Crippen LogP contribution in [0.25, 0.3) is 77.0 Å². The molecule has 532 valence electrons. The second-order valence-corrected chi connectivity index (χ2v) is 22.2. The normalized spacial score (nSPS) is 9.79. The summed E-state index contributed by atoms with van der Waals surface area (Å²) in [4.78, 5) is 34.1. The molecule has 12 aromatic heterocycles. The minimum absolute atomic E-state index is 0.843. The summed E-state index contributed by atoms with van der Waals surface area (Å²) in [5, 5.41) is 3.85. The molecular formula is C83H125N15. The smallest absolute Gasteiger partial charge is 0.178 e. The van der Waals surface area contributed by atoms with Crippen molar-refractivity contribution in [3.63, 3.8) is 0 Å². The summed E-state index contributed by atoms with van der Waals surface area (Å²) >= 11 is 0. The first-order chi connectivity index (χ1) is 46.9. The average molecular weight is 1330 g/mol. The number of hydrogen-bond donors (Lipinski definition) is 0. The van der Waals surface area contributed by atoms with Crippen molar-refractivity contribution in [2.75, 3.05) is 0 Å². The summed E-state index contributed by atoms with van der Waals surface area (Å²) in [5.74, 6) is 3.10. The van der Waals surface area contributed by atoms with Crippen LogP contribution in [0, 0.1) is 96.9 Å². The van der Waals surface area contributed by atoms with Crippen molar-refractivity contribution >= 4 is 77.0 Å². The molecule has 15 nitrogen and oxygen atoms in total. The first-order valence-electron chi connectivity index (χ1n) is 35.4. The fraction of sp³-hybridized carbons (Fsp3) is 0.422. The molecule has 15 heteroatoms. The van der Waals surface area contributed by atoms with Crippen LogP contribution in [0.4, 0.5) is 0 Å². The van der Waals surface area contributed by atoms with Gasteiger partial charge in [0, 0.05) is 125 Å². The summed E-state index contributed by atoms with van der Waals surface area (Å²) in [7, 11) is 14.4. The molecule has 0 bridgehead atoms. The van der Waals surface area contributed by atoms with Crippen LogP contribution >= 0.6 is 0 Å². The van der Waals surface area contributed by atoms with E-state index in [-0.39, 0.29) is 0 Å². The van der Waals surface area contributed by atoms with Crippen molar-refractivity contribution < 1.29 is 0 Å². The van der Waals surface area contributed by atoms with Gasteiger partial charge in [-0.1, -0.05) is 127 Å². The predicted octanol–water partition coefficient (Wildman–Crippen LogP) is 21.9. The van der Waals surface area contributed by atoms with Crippen LogP contribution in [0.5, 0.6) is 0 Å². The zero-order valence-electron chi connectivity index (χ0n) is 67.3. The Morgan fingerprint density at radius 2 is 0.612 bits per heavy atom. The van der Waals surface area contributed by atoms with Gasteiger partial charge in [-0.25, -0.2) is 19.9 Å². The van der Waals surface area contributed by atoms with E-state index in [9.17, 15) is 0 Å². The Labute approximate surface area is 590 Å². The molecule has 0 atom stereocenters. The molecule has 12 heterocycles. The van der Waals surface area contributed by atoms with Crippen LogP contribution in [0.2, 0.25) is 0 Å². The third kappa shape index (κ3) is 21.4. The number of para-hydroxylation sites is 2. The zero-order chi connectivity index (χ0) is 75.0. The van der Waals surface area contributed by atoms with Crippen molar-refractivity contribution in [2.45, 2.75) is 194 Å². The zero-order valence-corrected chi connectivity index (χ0v) is 67.3. The monoisotopic (exact) mass is 1330 g/mol. The average Bonchev–Trinajstić information content (AvgIpc) is 1.74. The van der Waals surface area contributed by atoms with E-state index >= 15 is 0 Å². The van der Waals surface area contributed by atoms with Crippen molar-refractivity contribution in [2.24, 2.45) is 49.3 Å². The van der Waals surface area contributed by atoms with E-state index in [0.29, 0.717) is 0 Å². The van der Waals surface area contributed by atoms with E-state index < -0.39 is 0 Å². The molecule has 2 aromatic carbocycles. The van der Waals surface area contributed by atoms with Crippen molar-refractivity contribution in [3.05, 3.63) is 202 Å². The maximum absolute atomic E-state index is 4.44. The molecule has 0 fully saturated rings. The highest BCUT2D eigenvalue weighted by Gasteiger charge is 2.10. The van der Waals surface area contributed by atoms with Gasteiger partial charge in [0.25, 0.3) is 0 Å². The third-order valence-corrected chi connectivity index (χ3v) is 16.3. The number of benzene rings is 2. The van der Waals surface area contributed by atoms with Crippen LogP contribution in [-0.2, 0) is 49.3 Å². The Hall–Kier alpha value is -9.24. The summed E-state index contributed by atoms with van der Waals surface area (Å²) in [5.41, 5.74) is 26.5. The molecule has 0 saturated carbocycles. The molecule has 98 heavy (non-hydrogen) atoms. The molecule has 0 unspecified atom stereocenters. The first kappa shape index (κ1) is 86.8. The molecule has 0 N–H and O–H groups in total. The van der Waals surface area contributed by atoms with Crippen LogP contribution < -0.4 is 0 Å². The van der Waals surface area contributed by atoms with E-state index in [4.69, 9.17) is 0 Å². The van der Waals surface area contributed by atoms with Crippen molar-refractivity contribution in [3.8, 4) is 0 Å². The van der Waals surface area contributed by atoms with Gasteiger partial charge in [0.1, 0.15) is 23.0 Å². The van der Waals surface area contributed by atoms with Gasteiger partial charge in [-0.15, -0.1) is 0 Å². The van der Waals surface area contributed by atoms with Gasteiger partial charge < -0.3 is 32.0 Å². The van der Waals surface area contributed by atoms with Gasteiger partial charge in [0.05, 0.1) is 61.5 Å². The van der Waals surface area contributed by atoms with E-state index in [1.807, 2.05) is 188 Å². The number of rotatable bonds is 0. The summed E-state index contributed by atoms with van der Waals surface area (Å²) in [6.45, 7) is 57.1. The maximum Gasteiger partial charge on any atom is 0.178 e. The van der Waals surface area contributed by atoms with E-state index in [1.165, 1.54) is 105 Å². The number of pyridine rings is 5. The molecule has 0 aliphatic heterocycles. The summed E-state index contributed by atoms with van der Waals surface area (Å²) in [6, 6.07) is 27.4. The fourth-order valence-corrected chi connectivity index (χ4v) is 11.1. The summed E-state index contributed by atoms with van der Waals surface area (Å²) in [6.07, 6.45) is 13.0. The molecule has 0 aliphatic carbocycles. The molecule has 0 amide bonds. The largest absolute Gasteiger partial charge is 0.348 e. The van der Waals surface area contributed by atoms with Gasteiger partial charge in [0.15, 0.2) is 5.65 Å². The Balaban J connectivity index is 0.000000554. The lowest BCUT2D eigenvalue weighted by molar-refractivity contribution is 0.883. The van der Waals surface area contributed by atoms with Gasteiger partial charge in [-0.3, -0.25) is 19.9 Å². The Morgan fingerprint density at radius 3 is 1.09 bits per heavy atom. The highest BCUT2D eigenvalue weighted by molar-refractivity contribution is 5.86. The van der Waals surface area contributed by atoms with E-state index in [2.05, 4.69) is 237 Å². The molecule has 14 aromatic rings. The number of hydrogen-bond acceptors (Lipinski definition) is 8. The molecular weight excluding hydrogens is 1210 g/mol. The lowest BCUT2D eigenvalue weighted by Gasteiger charge is -2.01. The minimum Gasteiger partial charge on any atom is -0.348 e. The van der Waals surface area contributed by atoms with Crippen LogP contribution in [0.15, 0.2) is 122 Å². The lowest BCUT2D eigenvalue weighted by Crippen LogP contribution is -1.92. The third-order valence-electron chi connectivity index (χ3n) is 16.3. The van der Waals surface area contributed by atoms with Crippen molar-refractivity contribution in [1.29, 1.82) is 0 Å². The number of fused-ring (bicyclic) bond motifs is 7. The fourth-order valence-electron chi connectivity index (χ4n) is 11.1. The van der Waals surface area contributed by atoms with Crippen LogP contribution in [0.1, 0.15) is 176 Å². The van der Waals surface area contributed by atoms with Crippen LogP contribution in [0.3, 0.4) is 0 Å². The van der Waals surface area contributed by atoms with E-state index in [0.717, 1.165) is 50.9 Å². The second-order valence-electron chi connectivity index (χ2n) is 22.2. The Morgan fingerprint density at radius 1 is 0.255 bits per heavy atom. The summed E-state index contributed by atoms with van der Waals surface area (Å²) < 4.78 is 15.1. The first-order valence-corrected chi connectivity index (χ1v) is 35.4. The SMILES string of the molecule is CC.CC.CC.CC.CC.CC.CC.Cc1cccc2cc(C)n(C)c12.Cc1cccc2nc(C)n(C)c12.Cc1ccnc2cc(C)n(C)c12.Cc1ccnc2nc(C)n(C)c12.Cc1cncc2cc(C)n(C)c12.Cc1cncc2nc(C)n(C)c12.Cc1nccc2cc(C)n(C)c12.